The molecule has 0 aliphatic heterocycles. The van der Waals surface area contributed by atoms with Crippen molar-refractivity contribution in [3.63, 3.8) is 0 Å². The molecule has 0 amide bonds. The molecule has 0 saturated carbocycles. The number of phenolic OH excluding ortho intramolecular Hbond substituents is 2. The molecule has 0 unspecified atom stereocenters. The van der Waals surface area contributed by atoms with Crippen LogP contribution < -0.4 is 21.7 Å². The van der Waals surface area contributed by atoms with E-state index in [1.54, 1.807) is 0 Å². The number of ketones is 2. The molecule has 0 saturated heterocycles. The predicted molar refractivity (Wildman–Crippen MR) is 96.8 cm³/mol. The highest BCUT2D eigenvalue weighted by atomic mass is 16.3. The number of hydrogen-bond donors (Lipinski definition) is 2. The van der Waals surface area contributed by atoms with Gasteiger partial charge in [-0.1, -0.05) is 0 Å². The molecule has 0 spiro atoms. The van der Waals surface area contributed by atoms with E-state index in [9.17, 15) is 39.0 Å². The maximum Gasteiger partial charge on any atom is 0.190 e. The molecule has 0 aromatic heterocycles. The highest BCUT2D eigenvalue weighted by Crippen LogP contribution is 2.32. The van der Waals surface area contributed by atoms with Crippen molar-refractivity contribution in [3.05, 3.63) is 111 Å². The average molecular weight is 378 g/mol. The lowest BCUT2D eigenvalue weighted by atomic mass is 9.93. The van der Waals surface area contributed by atoms with E-state index >= 15 is 0 Å². The zero-order valence-corrected chi connectivity index (χ0v) is 14.0. The van der Waals surface area contributed by atoms with Crippen LogP contribution in [0.15, 0.2) is 67.7 Å². The van der Waals surface area contributed by atoms with Crippen molar-refractivity contribution in [1.82, 2.24) is 0 Å². The molecule has 8 nitrogen and oxygen atoms in total. The average Bonchev–Trinajstić information content (AvgIpc) is 2.66. The van der Waals surface area contributed by atoms with Crippen LogP contribution in [0.25, 0.3) is 0 Å². The van der Waals surface area contributed by atoms with Crippen LogP contribution in [0.1, 0.15) is 20.7 Å². The Labute approximate surface area is 154 Å². The van der Waals surface area contributed by atoms with E-state index in [-0.39, 0.29) is 33.1 Å². The summed E-state index contributed by atoms with van der Waals surface area (Å²) in [7, 11) is 0. The number of benzene rings is 1. The molecule has 28 heavy (non-hydrogen) atoms. The van der Waals surface area contributed by atoms with Gasteiger partial charge in [0.05, 0.1) is 21.6 Å². The topological polar surface area (TPSA) is 143 Å². The Hall–Kier alpha value is -4.20. The molecule has 0 atom stereocenters. The fourth-order valence-electron chi connectivity index (χ4n) is 2.77. The number of aromatic hydroxyl groups is 2. The van der Waals surface area contributed by atoms with Crippen LogP contribution in [0.5, 0.6) is 11.5 Å². The molecule has 0 heterocycles. The van der Waals surface area contributed by atoms with Crippen molar-refractivity contribution in [1.29, 1.82) is 0 Å². The summed E-state index contributed by atoms with van der Waals surface area (Å²) >= 11 is 0. The highest BCUT2D eigenvalue weighted by molar-refractivity contribution is 6.24. The number of rotatable bonds is 0. The molecule has 138 valence electrons. The van der Waals surface area contributed by atoms with E-state index in [1.807, 2.05) is 0 Å². The van der Waals surface area contributed by atoms with Gasteiger partial charge in [0, 0.05) is 0 Å². The summed E-state index contributed by atoms with van der Waals surface area (Å²) < 4.78 is 0. The van der Waals surface area contributed by atoms with Crippen LogP contribution in [0, 0.1) is 10.4 Å². The Morgan fingerprint density at radius 2 is 0.750 bits per heavy atom. The molecular formula is C20H10O8. The van der Waals surface area contributed by atoms with E-state index in [2.05, 4.69) is 0 Å². The molecule has 0 radical (unpaired) electrons. The number of hydrogen-bond acceptors (Lipinski definition) is 8. The van der Waals surface area contributed by atoms with Gasteiger partial charge in [-0.25, -0.2) is 0 Å². The van der Waals surface area contributed by atoms with Gasteiger partial charge in [-0.15, -0.1) is 0 Å². The van der Waals surface area contributed by atoms with Crippen molar-refractivity contribution in [2.45, 2.75) is 0 Å². The smallest absolute Gasteiger partial charge is 0.190 e. The molecule has 0 bridgehead atoms. The first-order valence-electron chi connectivity index (χ1n) is 7.81. The minimum Gasteiger partial charge on any atom is -0.507 e. The molecule has 3 aliphatic rings. The summed E-state index contributed by atoms with van der Waals surface area (Å²) in [5.74, 6) is -1.54. The third-order valence-electron chi connectivity index (χ3n) is 4.05. The second kappa shape index (κ2) is 6.84. The summed E-state index contributed by atoms with van der Waals surface area (Å²) in [6, 6.07) is 6.38. The van der Waals surface area contributed by atoms with E-state index in [0.29, 0.717) is 0 Å². The lowest BCUT2D eigenvalue weighted by Crippen LogP contribution is -2.26. The van der Waals surface area contributed by atoms with E-state index in [1.165, 1.54) is 12.1 Å². The molecular weight excluding hydrogens is 368 g/mol. The van der Waals surface area contributed by atoms with Gasteiger partial charge in [0.25, 0.3) is 0 Å². The van der Waals surface area contributed by atoms with Crippen LogP contribution in [-0.2, 0) is 0 Å². The summed E-state index contributed by atoms with van der Waals surface area (Å²) in [4.78, 5) is 67.5. The van der Waals surface area contributed by atoms with Crippen LogP contribution in [0.4, 0.5) is 0 Å². The predicted octanol–water partition coefficient (Wildman–Crippen LogP) is -0.239. The largest absolute Gasteiger partial charge is 0.507 e. The molecule has 1 aromatic rings. The molecule has 4 rings (SSSR count). The normalized spacial score (nSPS) is 12.4. The summed E-state index contributed by atoms with van der Waals surface area (Å²) in [5, 5.41) is 18.1. The summed E-state index contributed by atoms with van der Waals surface area (Å²) in [6.45, 7) is 0. The third kappa shape index (κ3) is 3.03. The summed E-state index contributed by atoms with van der Waals surface area (Å²) in [6.07, 6.45) is 2.15. The maximum absolute atomic E-state index is 11.3. The Kier molecular flexibility index (Phi) is 4.54. The zero-order chi connectivity index (χ0) is 20.6. The first-order valence-corrected chi connectivity index (χ1v) is 7.81. The van der Waals surface area contributed by atoms with E-state index in [4.69, 9.17) is 0 Å². The second-order valence-corrected chi connectivity index (χ2v) is 5.79. The van der Waals surface area contributed by atoms with E-state index < -0.39 is 33.3 Å². The first-order chi connectivity index (χ1) is 13.2. The zero-order valence-electron chi connectivity index (χ0n) is 14.0. The molecule has 8 heteroatoms. The Balaban J connectivity index is 0.000000161. The third-order valence-corrected chi connectivity index (χ3v) is 4.05. The van der Waals surface area contributed by atoms with Crippen LogP contribution in [0.3, 0.4) is 0 Å². The number of fused-ring (bicyclic) bond motifs is 1. The maximum atomic E-state index is 11.3. The fraction of sp³-hybridized carbons (Fsp3) is 0. The standard InChI is InChI=1S/C10H6O4.C10H4O4/c2*11-5-1-2-6(12)10-8(14)4-3-7(13)9(5)10/h1-4,11-12H;1-4H. The van der Waals surface area contributed by atoms with E-state index in [0.717, 1.165) is 36.4 Å². The lowest BCUT2D eigenvalue weighted by Gasteiger charge is -2.11. The van der Waals surface area contributed by atoms with Crippen molar-refractivity contribution in [2.75, 3.05) is 0 Å². The van der Waals surface area contributed by atoms with Crippen LogP contribution >= 0.6 is 0 Å². The number of carbonyl (C=O) groups excluding carboxylic acids is 2. The van der Waals surface area contributed by atoms with Crippen molar-refractivity contribution in [3.8, 4) is 11.5 Å². The second-order valence-electron chi connectivity index (χ2n) is 5.79. The summed E-state index contributed by atoms with van der Waals surface area (Å²) in [5.41, 5.74) is -2.58. The number of carbonyl (C=O) groups is 2. The molecule has 3 aliphatic carbocycles. The van der Waals surface area contributed by atoms with Crippen molar-refractivity contribution < 1.29 is 19.8 Å². The minimum atomic E-state index is -0.581. The first kappa shape index (κ1) is 18.6. The van der Waals surface area contributed by atoms with Crippen LogP contribution in [-0.4, -0.2) is 21.8 Å². The van der Waals surface area contributed by atoms with Crippen molar-refractivity contribution in [2.24, 2.45) is 0 Å². The number of phenols is 2. The van der Waals surface area contributed by atoms with Gasteiger partial charge in [-0.2, -0.15) is 0 Å². The Bertz CT molecular complexity index is 1270. The van der Waals surface area contributed by atoms with Gasteiger partial charge >= 0.3 is 0 Å². The van der Waals surface area contributed by atoms with Crippen molar-refractivity contribution >= 4 is 11.6 Å². The highest BCUT2D eigenvalue weighted by Gasteiger charge is 2.25. The Morgan fingerprint density at radius 1 is 0.464 bits per heavy atom. The Morgan fingerprint density at radius 3 is 1.04 bits per heavy atom. The van der Waals surface area contributed by atoms with Crippen LogP contribution in [0.2, 0.25) is 0 Å². The molecule has 0 fully saturated rings. The quantitative estimate of drug-likeness (QED) is 0.510. The SMILES string of the molecule is O=C1C=CC(=O)c2c(O)ccc(O)c21.O=c1ccc(=O)c2c(=O)ccc(=O)c1=2. The molecule has 1 aromatic carbocycles. The van der Waals surface area contributed by atoms with Gasteiger partial charge in [0.2, 0.25) is 0 Å². The van der Waals surface area contributed by atoms with Gasteiger partial charge in [0.1, 0.15) is 11.5 Å². The minimum absolute atomic E-state index is 0.127. The monoisotopic (exact) mass is 378 g/mol. The lowest BCUT2D eigenvalue weighted by molar-refractivity contribution is 0.0989. The van der Waals surface area contributed by atoms with Gasteiger partial charge < -0.3 is 10.2 Å². The van der Waals surface area contributed by atoms with Gasteiger partial charge in [-0.05, 0) is 48.6 Å². The molecule has 2 N–H and O–H groups in total. The fourth-order valence-corrected chi connectivity index (χ4v) is 2.77. The number of allylic oxidation sites excluding steroid dienone is 2. The van der Waals surface area contributed by atoms with Gasteiger partial charge in [0.15, 0.2) is 33.3 Å². The van der Waals surface area contributed by atoms with Gasteiger partial charge in [-0.3, -0.25) is 28.8 Å².